The van der Waals surface area contributed by atoms with Crippen LogP contribution in [-0.2, 0) is 9.59 Å². The number of aromatic nitrogens is 1. The third kappa shape index (κ3) is 3.79. The largest absolute Gasteiger partial charge is 0.497 e. The van der Waals surface area contributed by atoms with Gasteiger partial charge in [-0.05, 0) is 35.9 Å². The van der Waals surface area contributed by atoms with Crippen molar-refractivity contribution >= 4 is 57.2 Å². The summed E-state index contributed by atoms with van der Waals surface area (Å²) in [5.41, 5.74) is 1.83. The number of pyridine rings is 1. The molecule has 4 rings (SSSR count). The summed E-state index contributed by atoms with van der Waals surface area (Å²) in [5.74, 6) is -0.854. The van der Waals surface area contributed by atoms with Crippen molar-refractivity contribution in [2.45, 2.75) is 6.04 Å². The molecule has 3 aromatic rings. The number of rotatable bonds is 5. The molecule has 1 atom stereocenters. The van der Waals surface area contributed by atoms with E-state index in [1.54, 1.807) is 49.6 Å². The standard InChI is InChI=1S/C22H16N2O4S2/c1-28-16-9-10-17-14(11-16)7-8-15(23-17)12-18-20(25)24(22(29)30-18)19(21(26)27)13-5-3-2-4-6-13/h2-12,19H,1H3,(H,26,27)/b18-12+/t19-/m0/s1. The molecule has 1 aromatic heterocycles. The Bertz CT molecular complexity index is 1190. The molecular formula is C22H16N2O4S2. The predicted molar refractivity (Wildman–Crippen MR) is 120 cm³/mol. The summed E-state index contributed by atoms with van der Waals surface area (Å²) >= 11 is 6.41. The van der Waals surface area contributed by atoms with Crippen LogP contribution in [0.2, 0.25) is 0 Å². The van der Waals surface area contributed by atoms with Crippen molar-refractivity contribution in [3.63, 3.8) is 0 Å². The molecule has 0 bridgehead atoms. The average Bonchev–Trinajstić information content (AvgIpc) is 3.02. The number of amides is 1. The number of hydrogen-bond donors (Lipinski definition) is 1. The number of fused-ring (bicyclic) bond motifs is 1. The predicted octanol–water partition coefficient (Wildman–Crippen LogP) is 4.27. The number of hydrogen-bond acceptors (Lipinski definition) is 6. The minimum atomic E-state index is -1.18. The Morgan fingerprint density at radius 2 is 1.97 bits per heavy atom. The fraction of sp³-hybridized carbons (Fsp3) is 0.0909. The number of carbonyl (C=O) groups excluding carboxylic acids is 1. The molecule has 1 aliphatic heterocycles. The molecule has 0 aliphatic carbocycles. The smallest absolute Gasteiger partial charge is 0.331 e. The second-order valence-corrected chi connectivity index (χ2v) is 8.17. The third-order valence-corrected chi connectivity index (χ3v) is 5.96. The van der Waals surface area contributed by atoms with Crippen LogP contribution in [0.25, 0.3) is 17.0 Å². The van der Waals surface area contributed by atoms with Crippen molar-refractivity contribution in [1.29, 1.82) is 0 Å². The van der Waals surface area contributed by atoms with Crippen molar-refractivity contribution < 1.29 is 19.4 Å². The number of benzene rings is 2. The zero-order chi connectivity index (χ0) is 21.3. The highest BCUT2D eigenvalue weighted by atomic mass is 32.2. The average molecular weight is 437 g/mol. The Morgan fingerprint density at radius 3 is 2.67 bits per heavy atom. The lowest BCUT2D eigenvalue weighted by atomic mass is 10.1. The number of carboxylic acid groups (broad SMARTS) is 1. The van der Waals surface area contributed by atoms with Crippen LogP contribution in [0.4, 0.5) is 0 Å². The molecule has 1 aliphatic rings. The van der Waals surface area contributed by atoms with E-state index in [2.05, 4.69) is 4.98 Å². The Morgan fingerprint density at radius 1 is 1.20 bits per heavy atom. The summed E-state index contributed by atoms with van der Waals surface area (Å²) in [6, 6.07) is 16.6. The van der Waals surface area contributed by atoms with Gasteiger partial charge in [0.1, 0.15) is 10.1 Å². The summed E-state index contributed by atoms with van der Waals surface area (Å²) in [6.45, 7) is 0. The van der Waals surface area contributed by atoms with Gasteiger partial charge in [-0.25, -0.2) is 9.78 Å². The molecule has 2 aromatic carbocycles. The van der Waals surface area contributed by atoms with E-state index in [-0.39, 0.29) is 4.32 Å². The first-order chi connectivity index (χ1) is 14.5. The van der Waals surface area contributed by atoms with E-state index in [1.165, 1.54) is 0 Å². The Balaban J connectivity index is 1.67. The van der Waals surface area contributed by atoms with Gasteiger partial charge in [0.2, 0.25) is 0 Å². The number of thioether (sulfide) groups is 1. The van der Waals surface area contributed by atoms with Crippen LogP contribution in [0.5, 0.6) is 5.75 Å². The Hall–Kier alpha value is -3.23. The molecule has 1 N–H and O–H groups in total. The van der Waals surface area contributed by atoms with E-state index in [0.29, 0.717) is 16.2 Å². The van der Waals surface area contributed by atoms with E-state index in [0.717, 1.165) is 33.3 Å². The molecule has 2 heterocycles. The number of ether oxygens (including phenoxy) is 1. The molecular weight excluding hydrogens is 420 g/mol. The molecule has 0 unspecified atom stereocenters. The lowest BCUT2D eigenvalue weighted by molar-refractivity contribution is -0.145. The van der Waals surface area contributed by atoms with Crippen molar-refractivity contribution in [3.05, 3.63) is 76.8 Å². The van der Waals surface area contributed by atoms with E-state index >= 15 is 0 Å². The minimum absolute atomic E-state index is 0.202. The molecule has 0 radical (unpaired) electrons. The first-order valence-corrected chi connectivity index (χ1v) is 10.2. The lowest BCUT2D eigenvalue weighted by Crippen LogP contribution is -2.37. The second kappa shape index (κ2) is 8.25. The zero-order valence-electron chi connectivity index (χ0n) is 15.8. The van der Waals surface area contributed by atoms with Crippen LogP contribution < -0.4 is 4.74 Å². The minimum Gasteiger partial charge on any atom is -0.497 e. The number of aliphatic carboxylic acids is 1. The van der Waals surface area contributed by atoms with E-state index in [1.807, 2.05) is 24.3 Å². The maximum Gasteiger partial charge on any atom is 0.331 e. The van der Waals surface area contributed by atoms with Gasteiger partial charge in [0.15, 0.2) is 6.04 Å². The summed E-state index contributed by atoms with van der Waals surface area (Å²) in [7, 11) is 1.60. The number of nitrogens with zero attached hydrogens (tertiary/aromatic N) is 2. The van der Waals surface area contributed by atoms with Gasteiger partial charge >= 0.3 is 5.97 Å². The van der Waals surface area contributed by atoms with Gasteiger partial charge < -0.3 is 9.84 Å². The molecule has 1 fully saturated rings. The maximum absolute atomic E-state index is 13.0. The summed E-state index contributed by atoms with van der Waals surface area (Å²) in [4.78, 5) is 31.0. The first-order valence-electron chi connectivity index (χ1n) is 8.97. The van der Waals surface area contributed by atoms with E-state index in [4.69, 9.17) is 17.0 Å². The molecule has 150 valence electrons. The first kappa shape index (κ1) is 20.1. The van der Waals surface area contributed by atoms with Gasteiger partial charge in [-0.15, -0.1) is 0 Å². The number of methoxy groups -OCH3 is 1. The number of carboxylic acids is 1. The molecule has 0 saturated carbocycles. The molecule has 1 amide bonds. The van der Waals surface area contributed by atoms with Crippen LogP contribution in [0.3, 0.4) is 0 Å². The Labute approximate surface area is 182 Å². The highest BCUT2D eigenvalue weighted by Crippen LogP contribution is 2.38. The van der Waals surface area contributed by atoms with Crippen LogP contribution in [0.1, 0.15) is 17.3 Å². The molecule has 1 saturated heterocycles. The zero-order valence-corrected chi connectivity index (χ0v) is 17.4. The molecule has 8 heteroatoms. The fourth-order valence-corrected chi connectivity index (χ4v) is 4.50. The van der Waals surface area contributed by atoms with Gasteiger partial charge in [0, 0.05) is 5.39 Å². The quantitative estimate of drug-likeness (QED) is 0.473. The highest BCUT2D eigenvalue weighted by Gasteiger charge is 2.41. The Kier molecular flexibility index (Phi) is 5.52. The van der Waals surface area contributed by atoms with Crippen molar-refractivity contribution in [3.8, 4) is 5.75 Å². The van der Waals surface area contributed by atoms with Gasteiger partial charge in [-0.3, -0.25) is 9.69 Å². The van der Waals surface area contributed by atoms with Gasteiger partial charge in [-0.1, -0.05) is 60.4 Å². The second-order valence-electron chi connectivity index (χ2n) is 6.50. The lowest BCUT2D eigenvalue weighted by Gasteiger charge is -2.23. The molecule has 30 heavy (non-hydrogen) atoms. The van der Waals surface area contributed by atoms with Crippen LogP contribution >= 0.6 is 24.0 Å². The van der Waals surface area contributed by atoms with E-state index in [9.17, 15) is 14.7 Å². The SMILES string of the molecule is COc1ccc2nc(/C=C3/SC(=S)N([C@H](C(=O)O)c4ccccc4)C3=O)ccc2c1. The topological polar surface area (TPSA) is 79.7 Å². The van der Waals surface area contributed by atoms with Gasteiger partial charge in [0.05, 0.1) is 23.2 Å². The molecule has 6 nitrogen and oxygen atoms in total. The highest BCUT2D eigenvalue weighted by molar-refractivity contribution is 8.26. The van der Waals surface area contributed by atoms with Crippen molar-refractivity contribution in [2.75, 3.05) is 7.11 Å². The van der Waals surface area contributed by atoms with Gasteiger partial charge in [-0.2, -0.15) is 0 Å². The number of carbonyl (C=O) groups is 2. The molecule has 0 spiro atoms. The third-order valence-electron chi connectivity index (χ3n) is 4.63. The van der Waals surface area contributed by atoms with Crippen molar-refractivity contribution in [2.24, 2.45) is 0 Å². The summed E-state index contributed by atoms with van der Waals surface area (Å²) in [6.07, 6.45) is 1.63. The van der Waals surface area contributed by atoms with Gasteiger partial charge in [0.25, 0.3) is 5.91 Å². The van der Waals surface area contributed by atoms with E-state index < -0.39 is 17.9 Å². The van der Waals surface area contributed by atoms with Crippen LogP contribution in [0, 0.1) is 0 Å². The summed E-state index contributed by atoms with van der Waals surface area (Å²) < 4.78 is 5.42. The monoisotopic (exact) mass is 436 g/mol. The maximum atomic E-state index is 13.0. The van der Waals surface area contributed by atoms with Crippen molar-refractivity contribution in [1.82, 2.24) is 9.88 Å². The normalized spacial score (nSPS) is 16.3. The van der Waals surface area contributed by atoms with Crippen LogP contribution in [0.15, 0.2) is 65.6 Å². The summed E-state index contributed by atoms with van der Waals surface area (Å²) in [5, 5.41) is 10.7. The fourth-order valence-electron chi connectivity index (χ4n) is 3.20. The number of thiocarbonyl (C=S) groups is 1. The van der Waals surface area contributed by atoms with Crippen LogP contribution in [-0.4, -0.2) is 38.3 Å².